The van der Waals surface area contributed by atoms with Gasteiger partial charge in [-0.2, -0.15) is 0 Å². The minimum absolute atomic E-state index is 0.0413. The number of carboxylic acid groups (broad SMARTS) is 1. The normalized spacial score (nSPS) is 10.4. The number of hydrogen-bond donors (Lipinski definition) is 5. The first-order valence-corrected chi connectivity index (χ1v) is 11.1. The fraction of sp³-hybridized carbons (Fsp3) is 0.423. The molecule has 0 aliphatic heterocycles. The summed E-state index contributed by atoms with van der Waals surface area (Å²) in [5, 5.41) is 44.2. The van der Waals surface area contributed by atoms with Gasteiger partial charge in [-0.1, -0.05) is 56.8 Å². The van der Waals surface area contributed by atoms with Crippen LogP contribution in [0.1, 0.15) is 25.0 Å². The second-order valence-corrected chi connectivity index (χ2v) is 7.49. The van der Waals surface area contributed by atoms with Crippen LogP contribution in [0.25, 0.3) is 0 Å². The Labute approximate surface area is 206 Å². The maximum absolute atomic E-state index is 9.92. The van der Waals surface area contributed by atoms with E-state index in [-0.39, 0.29) is 24.7 Å². The number of hydrogen-bond acceptors (Lipinski definition) is 8. The average Bonchev–Trinajstić information content (AvgIpc) is 2.84. The van der Waals surface area contributed by atoms with Gasteiger partial charge < -0.3 is 39.7 Å². The van der Waals surface area contributed by atoms with E-state index >= 15 is 0 Å². The average molecular weight is 495 g/mol. The van der Waals surface area contributed by atoms with Gasteiger partial charge >= 0.3 is 5.97 Å². The lowest BCUT2D eigenvalue weighted by Crippen LogP contribution is -2.19. The minimum atomic E-state index is -0.981. The summed E-state index contributed by atoms with van der Waals surface area (Å²) in [7, 11) is 0. The lowest BCUT2D eigenvalue weighted by molar-refractivity contribution is -0.131. The van der Waals surface area contributed by atoms with Gasteiger partial charge in [0.25, 0.3) is 0 Å². The molecule has 196 valence electrons. The molecule has 2 aromatic rings. The molecule has 0 atom stereocenters. The molecule has 0 aliphatic carbocycles. The van der Waals surface area contributed by atoms with Crippen molar-refractivity contribution in [3.63, 3.8) is 0 Å². The number of aliphatic hydroxyl groups excluding tert-OH is 2. The first-order chi connectivity index (χ1) is 16.7. The standard InChI is InChI=1S/C15H16O2.C8H18O5.C3H4O2/c1-15(2,11-7-3-5-9-13(11)16)12-8-4-6-10-14(12)17;9-1-3-11-5-7-13-8-6-12-4-2-10;1-2-3(4)5/h3-10,16-17H,1-2H3;9-10H,1-8H2;2H,1H2,(H,4,5). The first kappa shape index (κ1) is 32.0. The molecule has 0 aromatic heterocycles. The number of phenols is 2. The zero-order valence-corrected chi connectivity index (χ0v) is 20.4. The molecule has 2 aromatic carbocycles. The van der Waals surface area contributed by atoms with E-state index in [1.807, 2.05) is 38.1 Å². The number of carbonyl (C=O) groups is 1. The van der Waals surface area contributed by atoms with E-state index in [0.29, 0.717) is 39.6 Å². The smallest absolute Gasteiger partial charge is 0.327 e. The molecule has 0 heterocycles. The molecule has 9 heteroatoms. The van der Waals surface area contributed by atoms with E-state index in [1.165, 1.54) is 0 Å². The van der Waals surface area contributed by atoms with Gasteiger partial charge in [0.1, 0.15) is 11.5 Å². The molecule has 0 spiro atoms. The molecule has 9 nitrogen and oxygen atoms in total. The highest BCUT2D eigenvalue weighted by atomic mass is 16.5. The summed E-state index contributed by atoms with van der Waals surface area (Å²) < 4.78 is 15.0. The number of carboxylic acids is 1. The first-order valence-electron chi connectivity index (χ1n) is 11.1. The Kier molecular flexibility index (Phi) is 17.7. The highest BCUT2D eigenvalue weighted by molar-refractivity contribution is 5.78. The van der Waals surface area contributed by atoms with Crippen molar-refractivity contribution in [1.82, 2.24) is 0 Å². The van der Waals surface area contributed by atoms with Crippen molar-refractivity contribution in [1.29, 1.82) is 0 Å². The van der Waals surface area contributed by atoms with Crippen molar-refractivity contribution in [2.24, 2.45) is 0 Å². The van der Waals surface area contributed by atoms with Crippen molar-refractivity contribution >= 4 is 5.97 Å². The summed E-state index contributed by atoms with van der Waals surface area (Å²) in [6.07, 6.45) is 0.833. The number of phenolic OH excluding ortho intramolecular Hbond substituents is 2. The van der Waals surface area contributed by atoms with Gasteiger partial charge in [-0.25, -0.2) is 4.79 Å². The minimum Gasteiger partial charge on any atom is -0.508 e. The molecule has 35 heavy (non-hydrogen) atoms. The largest absolute Gasteiger partial charge is 0.508 e. The van der Waals surface area contributed by atoms with Gasteiger partial charge in [0.15, 0.2) is 0 Å². The quantitative estimate of drug-likeness (QED) is 0.209. The third-order valence-electron chi connectivity index (χ3n) is 4.54. The summed E-state index contributed by atoms with van der Waals surface area (Å²) in [4.78, 5) is 9.25. The van der Waals surface area contributed by atoms with Gasteiger partial charge in [0.05, 0.1) is 52.9 Å². The number of aliphatic hydroxyl groups is 2. The highest BCUT2D eigenvalue weighted by Gasteiger charge is 2.28. The van der Waals surface area contributed by atoms with Crippen LogP contribution in [0.5, 0.6) is 11.5 Å². The summed E-state index contributed by atoms with van der Waals surface area (Å²) in [5.41, 5.74) is 1.18. The summed E-state index contributed by atoms with van der Waals surface area (Å²) in [6.45, 7) is 9.69. The Morgan fingerprint density at radius 2 is 1.09 bits per heavy atom. The zero-order valence-electron chi connectivity index (χ0n) is 20.4. The van der Waals surface area contributed by atoms with Crippen LogP contribution in [0.3, 0.4) is 0 Å². The number of ether oxygens (including phenoxy) is 3. The van der Waals surface area contributed by atoms with Crippen molar-refractivity contribution in [3.05, 3.63) is 72.3 Å². The predicted molar refractivity (Wildman–Crippen MR) is 133 cm³/mol. The maximum Gasteiger partial charge on any atom is 0.327 e. The lowest BCUT2D eigenvalue weighted by Gasteiger charge is -2.27. The summed E-state index contributed by atoms with van der Waals surface area (Å²) >= 11 is 0. The van der Waals surface area contributed by atoms with E-state index in [2.05, 4.69) is 6.58 Å². The second kappa shape index (κ2) is 19.4. The third-order valence-corrected chi connectivity index (χ3v) is 4.54. The molecule has 0 saturated heterocycles. The Morgan fingerprint density at radius 3 is 1.37 bits per heavy atom. The molecule has 0 radical (unpaired) electrons. The van der Waals surface area contributed by atoms with E-state index in [4.69, 9.17) is 29.5 Å². The fourth-order valence-electron chi connectivity index (χ4n) is 2.82. The van der Waals surface area contributed by atoms with Gasteiger partial charge in [-0.05, 0) is 12.1 Å². The van der Waals surface area contributed by atoms with Gasteiger partial charge in [0, 0.05) is 22.6 Å². The third kappa shape index (κ3) is 14.1. The van der Waals surface area contributed by atoms with Gasteiger partial charge in [0.2, 0.25) is 0 Å². The predicted octanol–water partition coefficient (Wildman–Crippen LogP) is 2.70. The fourth-order valence-corrected chi connectivity index (χ4v) is 2.82. The van der Waals surface area contributed by atoms with E-state index in [9.17, 15) is 15.0 Å². The van der Waals surface area contributed by atoms with Crippen LogP contribution in [-0.4, -0.2) is 84.4 Å². The molecule has 2 rings (SSSR count). The van der Waals surface area contributed by atoms with Gasteiger partial charge in [-0.3, -0.25) is 0 Å². The van der Waals surface area contributed by atoms with Crippen LogP contribution in [-0.2, 0) is 24.4 Å². The number of benzene rings is 2. The Bertz CT molecular complexity index is 780. The molecular formula is C26H38O9. The molecule has 0 aliphatic rings. The molecule has 5 N–H and O–H groups in total. The van der Waals surface area contributed by atoms with E-state index in [1.54, 1.807) is 24.3 Å². The van der Waals surface area contributed by atoms with Crippen LogP contribution < -0.4 is 0 Å². The topological polar surface area (TPSA) is 146 Å². The molecule has 0 fully saturated rings. The van der Waals surface area contributed by atoms with Crippen molar-refractivity contribution in [3.8, 4) is 11.5 Å². The van der Waals surface area contributed by atoms with Crippen molar-refractivity contribution in [2.45, 2.75) is 19.3 Å². The zero-order chi connectivity index (χ0) is 26.5. The SMILES string of the molecule is C=CC(=O)O.CC(C)(c1ccccc1O)c1ccccc1O.OCCOCCOCCOCCO. The number of para-hydroxylation sites is 2. The number of rotatable bonds is 13. The highest BCUT2D eigenvalue weighted by Crippen LogP contribution is 2.40. The van der Waals surface area contributed by atoms with Crippen molar-refractivity contribution < 1.29 is 44.5 Å². The molecule has 0 bridgehead atoms. The van der Waals surface area contributed by atoms with E-state index < -0.39 is 11.4 Å². The van der Waals surface area contributed by atoms with E-state index in [0.717, 1.165) is 17.2 Å². The van der Waals surface area contributed by atoms with Crippen LogP contribution in [0.4, 0.5) is 0 Å². The second-order valence-electron chi connectivity index (χ2n) is 7.49. The Hall–Kier alpha value is -2.95. The van der Waals surface area contributed by atoms with Crippen LogP contribution in [0, 0.1) is 0 Å². The Balaban J connectivity index is 0.000000571. The maximum atomic E-state index is 9.92. The molecule has 0 unspecified atom stereocenters. The lowest BCUT2D eigenvalue weighted by atomic mass is 9.77. The van der Waals surface area contributed by atoms with Gasteiger partial charge in [-0.15, -0.1) is 0 Å². The molecular weight excluding hydrogens is 456 g/mol. The Morgan fingerprint density at radius 1 is 0.771 bits per heavy atom. The molecule has 0 amide bonds. The summed E-state index contributed by atoms with van der Waals surface area (Å²) in [5.74, 6) is -0.480. The monoisotopic (exact) mass is 494 g/mol. The van der Waals surface area contributed by atoms with Crippen molar-refractivity contribution in [2.75, 3.05) is 52.9 Å². The molecule has 0 saturated carbocycles. The van der Waals surface area contributed by atoms with Crippen LogP contribution in [0.15, 0.2) is 61.2 Å². The summed E-state index contributed by atoms with van der Waals surface area (Å²) in [6, 6.07) is 14.4. The number of aliphatic carboxylic acids is 1. The van der Waals surface area contributed by atoms with Crippen LogP contribution in [0.2, 0.25) is 0 Å². The number of aromatic hydroxyl groups is 2. The van der Waals surface area contributed by atoms with Crippen LogP contribution >= 0.6 is 0 Å².